The molecule has 1 aromatic carbocycles. The van der Waals surface area contributed by atoms with Gasteiger partial charge < -0.3 is 4.74 Å². The summed E-state index contributed by atoms with van der Waals surface area (Å²) in [4.78, 5) is 0. The zero-order chi connectivity index (χ0) is 9.90. The van der Waals surface area contributed by atoms with E-state index in [9.17, 15) is 8.42 Å². The zero-order valence-corrected chi connectivity index (χ0v) is 8.18. The summed E-state index contributed by atoms with van der Waals surface area (Å²) in [5, 5.41) is 0. The van der Waals surface area contributed by atoms with Crippen LogP contribution in [0.1, 0.15) is 0 Å². The van der Waals surface area contributed by atoms with Gasteiger partial charge >= 0.3 is 0 Å². The number of nitrogens with one attached hydrogen (secondary N) is 1. The number of sulfonamides is 1. The van der Waals surface area contributed by atoms with Crippen molar-refractivity contribution in [2.45, 2.75) is 0 Å². The monoisotopic (exact) mass is 200 g/mol. The van der Waals surface area contributed by atoms with E-state index in [0.29, 0.717) is 11.4 Å². The Balaban J connectivity index is 3.01. The topological polar surface area (TPSA) is 55.4 Å². The third-order valence-electron chi connectivity index (χ3n) is 1.32. The highest BCUT2D eigenvalue weighted by atomic mass is 32.2. The predicted octanol–water partition coefficient (Wildman–Crippen LogP) is 0.867. The Labute approximate surface area is 77.6 Å². The second kappa shape index (κ2) is 3.66. The first-order chi connectivity index (χ1) is 6.03. The van der Waals surface area contributed by atoms with Gasteiger partial charge in [0.1, 0.15) is 0 Å². The minimum absolute atomic E-state index is 0.382. The van der Waals surface area contributed by atoms with Gasteiger partial charge in [-0.15, -0.1) is 0 Å². The van der Waals surface area contributed by atoms with Gasteiger partial charge in [-0.05, 0) is 6.07 Å². The fourth-order valence-electron chi connectivity index (χ4n) is 0.871. The first-order valence-corrected chi connectivity index (χ1v) is 5.44. The second-order valence-corrected chi connectivity index (χ2v) is 4.24. The second-order valence-electron chi connectivity index (χ2n) is 2.49. The molecule has 1 radical (unpaired) electrons. The van der Waals surface area contributed by atoms with E-state index in [2.05, 4.69) is 10.8 Å². The summed E-state index contributed by atoms with van der Waals surface area (Å²) >= 11 is 0. The van der Waals surface area contributed by atoms with Crippen molar-refractivity contribution in [3.8, 4) is 5.75 Å². The zero-order valence-electron chi connectivity index (χ0n) is 7.37. The SMILES string of the molecule is COc1[c]cccc1NS(C)(=O)=O. The molecule has 4 nitrogen and oxygen atoms in total. The van der Waals surface area contributed by atoms with Crippen LogP contribution in [0.3, 0.4) is 0 Å². The van der Waals surface area contributed by atoms with Crippen molar-refractivity contribution >= 4 is 15.7 Å². The molecule has 13 heavy (non-hydrogen) atoms. The van der Waals surface area contributed by atoms with E-state index in [1.54, 1.807) is 18.2 Å². The Hall–Kier alpha value is -1.23. The quantitative estimate of drug-likeness (QED) is 0.787. The first kappa shape index (κ1) is 9.85. The average molecular weight is 200 g/mol. The van der Waals surface area contributed by atoms with Crippen LogP contribution < -0.4 is 9.46 Å². The molecule has 0 aromatic heterocycles. The van der Waals surface area contributed by atoms with Crippen LogP contribution in [0.5, 0.6) is 5.75 Å². The molecular weight excluding hydrogens is 190 g/mol. The summed E-state index contributed by atoms with van der Waals surface area (Å²) in [5.74, 6) is 0.382. The van der Waals surface area contributed by atoms with E-state index in [4.69, 9.17) is 4.74 Å². The molecule has 0 saturated heterocycles. The van der Waals surface area contributed by atoms with Crippen molar-refractivity contribution in [3.05, 3.63) is 24.3 Å². The summed E-state index contributed by atoms with van der Waals surface area (Å²) in [5.41, 5.74) is 0.396. The Morgan fingerprint density at radius 2 is 2.23 bits per heavy atom. The molecule has 0 aliphatic heterocycles. The van der Waals surface area contributed by atoms with Gasteiger partial charge in [0.25, 0.3) is 0 Å². The van der Waals surface area contributed by atoms with Crippen LogP contribution in [-0.2, 0) is 10.0 Å². The summed E-state index contributed by atoms with van der Waals surface area (Å²) in [6.07, 6.45) is 1.08. The predicted molar refractivity (Wildman–Crippen MR) is 50.3 cm³/mol. The Bertz CT molecular complexity index is 386. The summed E-state index contributed by atoms with van der Waals surface area (Å²) in [7, 11) is -1.80. The van der Waals surface area contributed by atoms with E-state index in [0.717, 1.165) is 6.26 Å². The molecule has 1 rings (SSSR count). The lowest BCUT2D eigenvalue weighted by Crippen LogP contribution is -2.10. The van der Waals surface area contributed by atoms with E-state index < -0.39 is 10.0 Å². The van der Waals surface area contributed by atoms with E-state index in [-0.39, 0.29) is 0 Å². The van der Waals surface area contributed by atoms with Gasteiger partial charge in [-0.3, -0.25) is 4.72 Å². The summed E-state index contributed by atoms with van der Waals surface area (Å²) in [6, 6.07) is 7.69. The van der Waals surface area contributed by atoms with Crippen molar-refractivity contribution in [1.29, 1.82) is 0 Å². The number of rotatable bonds is 3. The molecule has 5 heteroatoms. The lowest BCUT2D eigenvalue weighted by atomic mass is 10.3. The van der Waals surface area contributed by atoms with Crippen LogP contribution in [0.15, 0.2) is 18.2 Å². The Morgan fingerprint density at radius 1 is 1.54 bits per heavy atom. The first-order valence-electron chi connectivity index (χ1n) is 3.55. The number of ether oxygens (including phenoxy) is 1. The average Bonchev–Trinajstić information content (AvgIpc) is 2.02. The maximum Gasteiger partial charge on any atom is 0.229 e. The molecule has 0 aliphatic carbocycles. The van der Waals surface area contributed by atoms with Crippen LogP contribution >= 0.6 is 0 Å². The largest absolute Gasteiger partial charge is 0.494 e. The number of para-hydroxylation sites is 1. The Morgan fingerprint density at radius 3 is 2.77 bits per heavy atom. The fraction of sp³-hybridized carbons (Fsp3) is 0.250. The standard InChI is InChI=1S/C8H10NO3S/c1-12-8-6-4-3-5-7(8)9-13(2,10)11/h3-5,9H,1-2H3. The van der Waals surface area contributed by atoms with Gasteiger partial charge in [0, 0.05) is 6.07 Å². The van der Waals surface area contributed by atoms with Crippen molar-refractivity contribution in [2.24, 2.45) is 0 Å². The maximum atomic E-state index is 10.9. The minimum atomic E-state index is -3.26. The fourth-order valence-corrected chi connectivity index (χ4v) is 1.43. The smallest absolute Gasteiger partial charge is 0.229 e. The highest BCUT2D eigenvalue weighted by Crippen LogP contribution is 2.22. The number of benzene rings is 1. The van der Waals surface area contributed by atoms with Crippen LogP contribution in [0.4, 0.5) is 5.69 Å². The van der Waals surface area contributed by atoms with E-state index in [1.165, 1.54) is 7.11 Å². The lowest BCUT2D eigenvalue weighted by molar-refractivity contribution is 0.416. The van der Waals surface area contributed by atoms with Gasteiger partial charge in [-0.25, -0.2) is 8.42 Å². The van der Waals surface area contributed by atoms with Crippen molar-refractivity contribution in [1.82, 2.24) is 0 Å². The molecule has 0 bridgehead atoms. The number of hydrogen-bond acceptors (Lipinski definition) is 3. The molecule has 0 saturated carbocycles. The number of anilines is 1. The van der Waals surface area contributed by atoms with Gasteiger partial charge in [0.2, 0.25) is 10.0 Å². The van der Waals surface area contributed by atoms with Gasteiger partial charge in [0.15, 0.2) is 5.75 Å². The summed E-state index contributed by atoms with van der Waals surface area (Å²) < 4.78 is 29.0. The van der Waals surface area contributed by atoms with Gasteiger partial charge in [0.05, 0.1) is 19.1 Å². The molecule has 0 amide bonds. The third kappa shape index (κ3) is 2.95. The van der Waals surface area contributed by atoms with Crippen LogP contribution in [-0.4, -0.2) is 21.8 Å². The molecule has 1 N–H and O–H groups in total. The molecule has 0 heterocycles. The number of hydrogen-bond donors (Lipinski definition) is 1. The molecule has 0 atom stereocenters. The normalized spacial score (nSPS) is 10.9. The highest BCUT2D eigenvalue weighted by molar-refractivity contribution is 7.92. The van der Waals surface area contributed by atoms with E-state index >= 15 is 0 Å². The molecule has 1 aromatic rings. The Kier molecular flexibility index (Phi) is 2.77. The van der Waals surface area contributed by atoms with E-state index in [1.807, 2.05) is 0 Å². The molecule has 0 spiro atoms. The van der Waals surface area contributed by atoms with Gasteiger partial charge in [-0.2, -0.15) is 0 Å². The molecule has 0 unspecified atom stereocenters. The molecule has 0 fully saturated rings. The van der Waals surface area contributed by atoms with Crippen molar-refractivity contribution in [3.63, 3.8) is 0 Å². The summed E-state index contributed by atoms with van der Waals surface area (Å²) in [6.45, 7) is 0. The lowest BCUT2D eigenvalue weighted by Gasteiger charge is -2.07. The molecular formula is C8H10NO3S. The van der Waals surface area contributed by atoms with Crippen LogP contribution in [0.2, 0.25) is 0 Å². The minimum Gasteiger partial charge on any atom is -0.494 e. The molecule has 71 valence electrons. The van der Waals surface area contributed by atoms with Crippen LogP contribution in [0.25, 0.3) is 0 Å². The number of methoxy groups -OCH3 is 1. The molecule has 0 aliphatic rings. The van der Waals surface area contributed by atoms with Crippen molar-refractivity contribution in [2.75, 3.05) is 18.1 Å². The maximum absolute atomic E-state index is 10.9. The van der Waals surface area contributed by atoms with Gasteiger partial charge in [-0.1, -0.05) is 12.1 Å². The van der Waals surface area contributed by atoms with Crippen molar-refractivity contribution < 1.29 is 13.2 Å². The van der Waals surface area contributed by atoms with Crippen LogP contribution in [0, 0.1) is 6.07 Å². The third-order valence-corrected chi connectivity index (χ3v) is 1.91. The highest BCUT2D eigenvalue weighted by Gasteiger charge is 2.06.